The first-order chi connectivity index (χ1) is 9.24. The number of benzene rings is 1. The lowest BCUT2D eigenvalue weighted by Gasteiger charge is -2.38. The maximum absolute atomic E-state index is 5.21. The molecule has 2 aliphatic carbocycles. The highest BCUT2D eigenvalue weighted by molar-refractivity contribution is 5.30. The summed E-state index contributed by atoms with van der Waals surface area (Å²) in [6, 6.07) is 10.1. The lowest BCUT2D eigenvalue weighted by atomic mass is 9.75. The Kier molecular flexibility index (Phi) is 3.79. The molecule has 2 unspecified atom stereocenters. The average molecular weight is 259 g/mol. The van der Waals surface area contributed by atoms with Crippen LogP contribution in [-0.2, 0) is 0 Å². The number of nitrogens with one attached hydrogen (secondary N) is 1. The summed E-state index contributed by atoms with van der Waals surface area (Å²) in [6.07, 6.45) is 6.77. The fourth-order valence-corrected chi connectivity index (χ4v) is 3.59. The van der Waals surface area contributed by atoms with Crippen molar-refractivity contribution < 1.29 is 4.74 Å². The lowest BCUT2D eigenvalue weighted by Crippen LogP contribution is -2.44. The molecule has 104 valence electrons. The quantitative estimate of drug-likeness (QED) is 0.890. The van der Waals surface area contributed by atoms with Gasteiger partial charge < -0.3 is 10.1 Å². The van der Waals surface area contributed by atoms with Crippen LogP contribution in [0.3, 0.4) is 0 Å². The van der Waals surface area contributed by atoms with E-state index in [9.17, 15) is 0 Å². The van der Waals surface area contributed by atoms with Crippen molar-refractivity contribution in [3.63, 3.8) is 0 Å². The van der Waals surface area contributed by atoms with E-state index in [-0.39, 0.29) is 0 Å². The van der Waals surface area contributed by atoms with E-state index in [0.29, 0.717) is 0 Å². The van der Waals surface area contributed by atoms with Gasteiger partial charge >= 0.3 is 0 Å². The largest absolute Gasteiger partial charge is 0.497 e. The fourth-order valence-electron chi connectivity index (χ4n) is 3.59. The van der Waals surface area contributed by atoms with Gasteiger partial charge in [-0.05, 0) is 61.6 Å². The van der Waals surface area contributed by atoms with Gasteiger partial charge in [-0.25, -0.2) is 0 Å². The van der Waals surface area contributed by atoms with Crippen LogP contribution >= 0.6 is 0 Å². The smallest absolute Gasteiger partial charge is 0.118 e. The Labute approximate surface area is 116 Å². The minimum Gasteiger partial charge on any atom is -0.497 e. The highest BCUT2D eigenvalue weighted by atomic mass is 16.5. The second-order valence-corrected chi connectivity index (χ2v) is 6.42. The highest BCUT2D eigenvalue weighted by Gasteiger charge is 2.33. The van der Waals surface area contributed by atoms with Crippen LogP contribution in [0.25, 0.3) is 0 Å². The van der Waals surface area contributed by atoms with Crippen molar-refractivity contribution in [2.75, 3.05) is 7.11 Å². The van der Waals surface area contributed by atoms with E-state index in [0.717, 1.165) is 29.7 Å². The molecule has 2 fully saturated rings. The van der Waals surface area contributed by atoms with Crippen LogP contribution in [0.1, 0.15) is 50.5 Å². The number of methoxy groups -OCH3 is 1. The third-order valence-electron chi connectivity index (χ3n) is 4.89. The fraction of sp³-hybridized carbons (Fsp3) is 0.647. The average Bonchev–Trinajstić information content (AvgIpc) is 2.79. The zero-order valence-corrected chi connectivity index (χ0v) is 12.1. The predicted molar refractivity (Wildman–Crippen MR) is 78.7 cm³/mol. The van der Waals surface area contributed by atoms with E-state index in [1.165, 1.54) is 37.7 Å². The second-order valence-electron chi connectivity index (χ2n) is 6.42. The number of rotatable bonds is 4. The molecule has 0 radical (unpaired) electrons. The molecule has 0 aliphatic heterocycles. The Morgan fingerprint density at radius 2 is 1.74 bits per heavy atom. The summed E-state index contributed by atoms with van der Waals surface area (Å²) in [4.78, 5) is 0. The summed E-state index contributed by atoms with van der Waals surface area (Å²) in [5, 5.41) is 3.84. The summed E-state index contributed by atoms with van der Waals surface area (Å²) < 4.78 is 5.21. The highest BCUT2D eigenvalue weighted by Crippen LogP contribution is 2.38. The number of ether oxygens (including phenoxy) is 1. The third kappa shape index (κ3) is 2.94. The van der Waals surface area contributed by atoms with Crippen LogP contribution in [-0.4, -0.2) is 19.2 Å². The normalized spacial score (nSPS) is 34.0. The molecule has 2 saturated carbocycles. The van der Waals surface area contributed by atoms with E-state index >= 15 is 0 Å². The van der Waals surface area contributed by atoms with Crippen molar-refractivity contribution in [3.8, 4) is 5.75 Å². The Hall–Kier alpha value is -1.02. The Bertz CT molecular complexity index is 408. The van der Waals surface area contributed by atoms with Gasteiger partial charge in [-0.2, -0.15) is 0 Å². The van der Waals surface area contributed by atoms with Crippen LogP contribution in [0, 0.1) is 5.92 Å². The molecule has 0 spiro atoms. The zero-order chi connectivity index (χ0) is 13.2. The van der Waals surface area contributed by atoms with E-state index in [1.54, 1.807) is 7.11 Å². The topological polar surface area (TPSA) is 21.3 Å². The van der Waals surface area contributed by atoms with Gasteiger partial charge in [0.15, 0.2) is 0 Å². The van der Waals surface area contributed by atoms with Gasteiger partial charge in [-0.1, -0.05) is 19.1 Å². The molecule has 1 N–H and O–H groups in total. The number of hydrogen-bond donors (Lipinski definition) is 1. The standard InChI is InChI=1S/C17H25NO/c1-12-3-6-15(9-12)18-16-10-14(11-16)13-4-7-17(19-2)8-5-13/h4-5,7-8,12,14-16,18H,3,6,9-11H2,1-2H3. The summed E-state index contributed by atoms with van der Waals surface area (Å²) in [7, 11) is 1.72. The summed E-state index contributed by atoms with van der Waals surface area (Å²) in [6.45, 7) is 2.38. The van der Waals surface area contributed by atoms with Crippen molar-refractivity contribution >= 4 is 0 Å². The number of hydrogen-bond acceptors (Lipinski definition) is 2. The maximum Gasteiger partial charge on any atom is 0.118 e. The molecule has 2 atom stereocenters. The summed E-state index contributed by atoms with van der Waals surface area (Å²) >= 11 is 0. The van der Waals surface area contributed by atoms with Crippen molar-refractivity contribution in [2.24, 2.45) is 5.92 Å². The van der Waals surface area contributed by atoms with Gasteiger partial charge in [-0.15, -0.1) is 0 Å². The molecule has 0 saturated heterocycles. The van der Waals surface area contributed by atoms with Gasteiger partial charge in [0.1, 0.15) is 5.75 Å². The first-order valence-corrected chi connectivity index (χ1v) is 7.64. The Morgan fingerprint density at radius 1 is 1.00 bits per heavy atom. The first-order valence-electron chi connectivity index (χ1n) is 7.64. The summed E-state index contributed by atoms with van der Waals surface area (Å²) in [5.41, 5.74) is 1.47. The van der Waals surface area contributed by atoms with Crippen molar-refractivity contribution in [1.29, 1.82) is 0 Å². The molecule has 2 nitrogen and oxygen atoms in total. The van der Waals surface area contributed by atoms with Crippen LogP contribution < -0.4 is 10.1 Å². The van der Waals surface area contributed by atoms with E-state index in [1.807, 2.05) is 0 Å². The maximum atomic E-state index is 5.21. The Morgan fingerprint density at radius 3 is 2.32 bits per heavy atom. The summed E-state index contributed by atoms with van der Waals surface area (Å²) in [5.74, 6) is 2.63. The minimum atomic E-state index is 0.752. The van der Waals surface area contributed by atoms with E-state index < -0.39 is 0 Å². The molecule has 0 amide bonds. The lowest BCUT2D eigenvalue weighted by molar-refractivity contribution is 0.263. The molecule has 0 bridgehead atoms. The van der Waals surface area contributed by atoms with Crippen LogP contribution in [0.5, 0.6) is 5.75 Å². The van der Waals surface area contributed by atoms with Crippen molar-refractivity contribution in [3.05, 3.63) is 29.8 Å². The SMILES string of the molecule is COc1ccc(C2CC(NC3CCC(C)C3)C2)cc1. The van der Waals surface area contributed by atoms with E-state index in [4.69, 9.17) is 4.74 Å². The predicted octanol–water partition coefficient (Wildman–Crippen LogP) is 3.72. The molecule has 1 aromatic carbocycles. The van der Waals surface area contributed by atoms with E-state index in [2.05, 4.69) is 36.5 Å². The van der Waals surface area contributed by atoms with Crippen molar-refractivity contribution in [1.82, 2.24) is 5.32 Å². The van der Waals surface area contributed by atoms with Gasteiger partial charge in [-0.3, -0.25) is 0 Å². The molecule has 0 heterocycles. The van der Waals surface area contributed by atoms with Gasteiger partial charge in [0.05, 0.1) is 7.11 Å². The zero-order valence-electron chi connectivity index (χ0n) is 12.1. The molecule has 3 rings (SSSR count). The molecule has 0 aromatic heterocycles. The first kappa shape index (κ1) is 13.0. The molecular formula is C17H25NO. The Balaban J connectivity index is 1.46. The molecule has 2 aliphatic rings. The van der Waals surface area contributed by atoms with Crippen molar-refractivity contribution in [2.45, 2.75) is 57.0 Å². The minimum absolute atomic E-state index is 0.752. The molecule has 2 heteroatoms. The van der Waals surface area contributed by atoms with Gasteiger partial charge in [0, 0.05) is 12.1 Å². The second kappa shape index (κ2) is 5.54. The van der Waals surface area contributed by atoms with Crippen LogP contribution in [0.2, 0.25) is 0 Å². The molecular weight excluding hydrogens is 234 g/mol. The molecule has 19 heavy (non-hydrogen) atoms. The monoisotopic (exact) mass is 259 g/mol. The van der Waals surface area contributed by atoms with Crippen LogP contribution in [0.4, 0.5) is 0 Å². The van der Waals surface area contributed by atoms with Gasteiger partial charge in [0.2, 0.25) is 0 Å². The van der Waals surface area contributed by atoms with Crippen LogP contribution in [0.15, 0.2) is 24.3 Å². The molecule has 1 aromatic rings. The third-order valence-corrected chi connectivity index (χ3v) is 4.89. The van der Waals surface area contributed by atoms with Gasteiger partial charge in [0.25, 0.3) is 0 Å².